The third-order valence-electron chi connectivity index (χ3n) is 3.80. The standard InChI is InChI=1S/C18H13Cl2F2N5O2/c1-8(14-10(19)5-11(21)16(22)15(14)20)29-13-6-12(26-27-17(13)23)18(28)25-9-3-2-4-24-7-9/h2-8H,1H3,(H2,23,27)(H,25,28). The molecule has 0 bridgehead atoms. The molecular formula is C18H13Cl2F2N5O2. The molecular weight excluding hydrogens is 427 g/mol. The normalized spacial score (nSPS) is 11.8. The number of aromatic nitrogens is 3. The monoisotopic (exact) mass is 439 g/mol. The molecule has 0 aliphatic rings. The van der Waals surface area contributed by atoms with Gasteiger partial charge in [0.05, 0.1) is 21.9 Å². The number of nitrogen functional groups attached to an aromatic ring is 1. The number of ether oxygens (including phenoxy) is 1. The zero-order chi connectivity index (χ0) is 21.1. The quantitative estimate of drug-likeness (QED) is 0.450. The van der Waals surface area contributed by atoms with E-state index >= 15 is 0 Å². The van der Waals surface area contributed by atoms with Gasteiger partial charge < -0.3 is 15.8 Å². The number of nitrogens with two attached hydrogens (primary N) is 1. The van der Waals surface area contributed by atoms with E-state index in [9.17, 15) is 13.6 Å². The molecule has 0 aliphatic heterocycles. The van der Waals surface area contributed by atoms with Gasteiger partial charge in [0.2, 0.25) is 0 Å². The lowest BCUT2D eigenvalue weighted by atomic mass is 10.1. The van der Waals surface area contributed by atoms with Gasteiger partial charge in [-0.3, -0.25) is 9.78 Å². The van der Waals surface area contributed by atoms with E-state index in [1.54, 1.807) is 18.3 Å². The minimum atomic E-state index is -1.25. The molecule has 150 valence electrons. The Hall–Kier alpha value is -3.04. The van der Waals surface area contributed by atoms with Gasteiger partial charge in [0, 0.05) is 17.8 Å². The largest absolute Gasteiger partial charge is 0.482 e. The summed E-state index contributed by atoms with van der Waals surface area (Å²) in [5, 5.41) is 9.36. The van der Waals surface area contributed by atoms with Gasteiger partial charge in [-0.1, -0.05) is 23.2 Å². The van der Waals surface area contributed by atoms with Crippen LogP contribution in [0.25, 0.3) is 0 Å². The second-order valence-corrected chi connectivity index (χ2v) is 6.60. The molecule has 0 aliphatic carbocycles. The van der Waals surface area contributed by atoms with E-state index in [-0.39, 0.29) is 27.8 Å². The SMILES string of the molecule is CC(Oc1cc(C(=O)Nc2cccnc2)nnc1N)c1c(Cl)cc(F)c(F)c1Cl. The Balaban J connectivity index is 1.86. The lowest BCUT2D eigenvalue weighted by Gasteiger charge is -2.19. The molecule has 0 saturated heterocycles. The number of carbonyl (C=O) groups excluding carboxylic acids is 1. The fraction of sp³-hybridized carbons (Fsp3) is 0.111. The molecule has 11 heteroatoms. The first kappa shape index (κ1) is 20.7. The molecule has 1 aromatic carbocycles. The van der Waals surface area contributed by atoms with Crippen molar-refractivity contribution in [3.8, 4) is 5.75 Å². The molecule has 1 atom stereocenters. The first-order chi connectivity index (χ1) is 13.8. The van der Waals surface area contributed by atoms with Crippen molar-refractivity contribution in [2.24, 2.45) is 0 Å². The van der Waals surface area contributed by atoms with Gasteiger partial charge >= 0.3 is 0 Å². The van der Waals surface area contributed by atoms with Gasteiger partial charge in [-0.15, -0.1) is 10.2 Å². The molecule has 3 N–H and O–H groups in total. The number of rotatable bonds is 5. The highest BCUT2D eigenvalue weighted by Gasteiger charge is 2.23. The van der Waals surface area contributed by atoms with Crippen LogP contribution in [-0.2, 0) is 0 Å². The maximum absolute atomic E-state index is 13.8. The van der Waals surface area contributed by atoms with Gasteiger partial charge in [0.25, 0.3) is 5.91 Å². The second-order valence-electron chi connectivity index (χ2n) is 5.82. The smallest absolute Gasteiger partial charge is 0.276 e. The summed E-state index contributed by atoms with van der Waals surface area (Å²) >= 11 is 11.8. The van der Waals surface area contributed by atoms with Crippen LogP contribution in [0.5, 0.6) is 5.75 Å². The predicted octanol–water partition coefficient (Wildman–Crippen LogP) is 4.43. The Morgan fingerprint density at radius 3 is 2.72 bits per heavy atom. The summed E-state index contributed by atoms with van der Waals surface area (Å²) in [6.07, 6.45) is 2.07. The van der Waals surface area contributed by atoms with Crippen LogP contribution in [0.1, 0.15) is 29.1 Å². The number of nitrogens with one attached hydrogen (secondary N) is 1. The van der Waals surface area contributed by atoms with Gasteiger partial charge in [0.15, 0.2) is 28.9 Å². The zero-order valence-corrected chi connectivity index (χ0v) is 16.3. The van der Waals surface area contributed by atoms with Crippen LogP contribution >= 0.6 is 23.2 Å². The molecule has 3 rings (SSSR count). The predicted molar refractivity (Wildman–Crippen MR) is 104 cm³/mol. The number of benzene rings is 1. The molecule has 1 amide bonds. The van der Waals surface area contributed by atoms with Crippen molar-refractivity contribution < 1.29 is 18.3 Å². The molecule has 29 heavy (non-hydrogen) atoms. The van der Waals surface area contributed by atoms with E-state index in [1.807, 2.05) is 0 Å². The number of carbonyl (C=O) groups is 1. The van der Waals surface area contributed by atoms with Crippen LogP contribution in [0.3, 0.4) is 0 Å². The Labute approximate surface area is 173 Å². The Morgan fingerprint density at radius 2 is 2.03 bits per heavy atom. The molecule has 2 aromatic heterocycles. The van der Waals surface area contributed by atoms with E-state index < -0.39 is 28.7 Å². The van der Waals surface area contributed by atoms with Crippen molar-refractivity contribution >= 4 is 40.6 Å². The summed E-state index contributed by atoms with van der Waals surface area (Å²) < 4.78 is 32.9. The molecule has 7 nitrogen and oxygen atoms in total. The lowest BCUT2D eigenvalue weighted by Crippen LogP contribution is -2.16. The minimum absolute atomic E-state index is 0.0132. The summed E-state index contributed by atoms with van der Waals surface area (Å²) in [6, 6.07) is 5.34. The first-order valence-corrected chi connectivity index (χ1v) is 8.87. The fourth-order valence-electron chi connectivity index (χ4n) is 2.42. The Morgan fingerprint density at radius 1 is 1.28 bits per heavy atom. The number of hydrogen-bond acceptors (Lipinski definition) is 6. The maximum Gasteiger partial charge on any atom is 0.276 e. The highest BCUT2D eigenvalue weighted by Crippen LogP contribution is 2.37. The molecule has 2 heterocycles. The molecule has 0 radical (unpaired) electrons. The second kappa shape index (κ2) is 8.54. The molecule has 0 saturated carbocycles. The third-order valence-corrected chi connectivity index (χ3v) is 4.48. The van der Waals surface area contributed by atoms with Crippen LogP contribution in [-0.4, -0.2) is 21.1 Å². The van der Waals surface area contributed by atoms with Crippen molar-refractivity contribution in [2.75, 3.05) is 11.1 Å². The first-order valence-electron chi connectivity index (χ1n) is 8.12. The van der Waals surface area contributed by atoms with E-state index in [0.29, 0.717) is 5.69 Å². The van der Waals surface area contributed by atoms with E-state index in [2.05, 4.69) is 20.5 Å². The topological polar surface area (TPSA) is 103 Å². The van der Waals surface area contributed by atoms with Crippen LogP contribution < -0.4 is 15.8 Å². The van der Waals surface area contributed by atoms with Crippen molar-refractivity contribution in [1.29, 1.82) is 0 Å². The van der Waals surface area contributed by atoms with Crippen LogP contribution in [0.4, 0.5) is 20.3 Å². The van der Waals surface area contributed by atoms with Gasteiger partial charge in [-0.25, -0.2) is 8.78 Å². The number of nitrogens with zero attached hydrogens (tertiary/aromatic N) is 3. The number of hydrogen-bond donors (Lipinski definition) is 2. The Bertz CT molecular complexity index is 1070. The molecule has 0 spiro atoms. The minimum Gasteiger partial charge on any atom is -0.482 e. The fourth-order valence-corrected chi connectivity index (χ4v) is 3.16. The van der Waals surface area contributed by atoms with Crippen molar-refractivity contribution in [3.05, 3.63) is 69.6 Å². The van der Waals surface area contributed by atoms with E-state index in [4.69, 9.17) is 33.7 Å². The van der Waals surface area contributed by atoms with Crippen molar-refractivity contribution in [2.45, 2.75) is 13.0 Å². The lowest BCUT2D eigenvalue weighted by molar-refractivity contribution is 0.102. The maximum atomic E-state index is 13.8. The number of pyridine rings is 1. The van der Waals surface area contributed by atoms with Crippen LogP contribution in [0, 0.1) is 11.6 Å². The average molecular weight is 440 g/mol. The number of amides is 1. The van der Waals surface area contributed by atoms with E-state index in [0.717, 1.165) is 6.07 Å². The summed E-state index contributed by atoms with van der Waals surface area (Å²) in [7, 11) is 0. The average Bonchev–Trinajstić information content (AvgIpc) is 2.68. The van der Waals surface area contributed by atoms with Crippen LogP contribution in [0.2, 0.25) is 10.0 Å². The third kappa shape index (κ3) is 4.52. The highest BCUT2D eigenvalue weighted by molar-refractivity contribution is 6.36. The number of anilines is 2. The van der Waals surface area contributed by atoms with Gasteiger partial charge in [-0.05, 0) is 25.1 Å². The Kier molecular flexibility index (Phi) is 6.09. The summed E-state index contributed by atoms with van der Waals surface area (Å²) in [6.45, 7) is 1.50. The molecule has 1 unspecified atom stereocenters. The zero-order valence-electron chi connectivity index (χ0n) is 14.8. The van der Waals surface area contributed by atoms with Crippen LogP contribution in [0.15, 0.2) is 36.7 Å². The summed E-state index contributed by atoms with van der Waals surface area (Å²) in [5.41, 5.74) is 6.14. The summed E-state index contributed by atoms with van der Waals surface area (Å²) in [5.74, 6) is -3.15. The van der Waals surface area contributed by atoms with Crippen molar-refractivity contribution in [3.63, 3.8) is 0 Å². The van der Waals surface area contributed by atoms with E-state index in [1.165, 1.54) is 19.2 Å². The molecule has 0 fully saturated rings. The molecule has 3 aromatic rings. The summed E-state index contributed by atoms with van der Waals surface area (Å²) in [4.78, 5) is 16.2. The van der Waals surface area contributed by atoms with Gasteiger partial charge in [0.1, 0.15) is 6.10 Å². The number of halogens is 4. The highest BCUT2D eigenvalue weighted by atomic mass is 35.5. The van der Waals surface area contributed by atoms with Crippen molar-refractivity contribution in [1.82, 2.24) is 15.2 Å². The van der Waals surface area contributed by atoms with Gasteiger partial charge in [-0.2, -0.15) is 0 Å².